The molecule has 5 heteroatoms. The number of imidazole rings is 1. The Hall–Kier alpha value is -2.30. The molecule has 2 amide bonds. The highest BCUT2D eigenvalue weighted by atomic mass is 16.2. The van der Waals surface area contributed by atoms with Crippen LogP contribution in [0.2, 0.25) is 0 Å². The molecule has 5 nitrogen and oxygen atoms in total. The minimum Gasteiger partial charge on any atom is -0.338 e. The van der Waals surface area contributed by atoms with Crippen molar-refractivity contribution < 1.29 is 4.79 Å². The number of aryl methyl sites for hydroxylation is 1. The number of hydrogen-bond acceptors (Lipinski definition) is 2. The smallest absolute Gasteiger partial charge is 0.317 e. The number of likely N-dealkylation sites (tertiary alicyclic amines) is 1. The first-order valence-corrected chi connectivity index (χ1v) is 9.30. The minimum absolute atomic E-state index is 0.0463. The van der Waals surface area contributed by atoms with Crippen molar-refractivity contribution in [3.63, 3.8) is 0 Å². The highest BCUT2D eigenvalue weighted by Gasteiger charge is 2.21. The summed E-state index contributed by atoms with van der Waals surface area (Å²) in [5, 5.41) is 3.25. The zero-order valence-corrected chi connectivity index (χ0v) is 15.0. The summed E-state index contributed by atoms with van der Waals surface area (Å²) in [4.78, 5) is 19.3. The number of nitrogens with one attached hydrogen (secondary N) is 1. The molecule has 0 aliphatic carbocycles. The maximum absolute atomic E-state index is 12.8. The fourth-order valence-electron chi connectivity index (χ4n) is 3.40. The Morgan fingerprint density at radius 2 is 1.80 bits per heavy atom. The second-order valence-electron chi connectivity index (χ2n) is 6.83. The molecule has 3 rings (SSSR count). The average Bonchev–Trinajstić information content (AvgIpc) is 2.99. The van der Waals surface area contributed by atoms with Crippen molar-refractivity contribution in [3.8, 4) is 0 Å². The van der Waals surface area contributed by atoms with Crippen LogP contribution in [0.1, 0.15) is 49.5 Å². The van der Waals surface area contributed by atoms with Crippen LogP contribution in [0, 0.1) is 0 Å². The van der Waals surface area contributed by atoms with Crippen molar-refractivity contribution in [1.29, 1.82) is 0 Å². The van der Waals surface area contributed by atoms with Gasteiger partial charge in [0.2, 0.25) is 0 Å². The number of aromatic nitrogens is 2. The second-order valence-corrected chi connectivity index (χ2v) is 6.83. The maximum Gasteiger partial charge on any atom is 0.317 e. The lowest BCUT2D eigenvalue weighted by Gasteiger charge is -2.28. The number of nitrogens with zero attached hydrogens (tertiary/aromatic N) is 3. The van der Waals surface area contributed by atoms with Gasteiger partial charge in [0.15, 0.2) is 0 Å². The first kappa shape index (κ1) is 17.5. The van der Waals surface area contributed by atoms with E-state index in [0.717, 1.165) is 37.3 Å². The number of urea groups is 1. The van der Waals surface area contributed by atoms with Crippen LogP contribution in [0.15, 0.2) is 42.7 Å². The van der Waals surface area contributed by atoms with Gasteiger partial charge in [0.1, 0.15) is 5.82 Å². The van der Waals surface area contributed by atoms with Gasteiger partial charge in [0, 0.05) is 39.0 Å². The van der Waals surface area contributed by atoms with E-state index < -0.39 is 0 Å². The van der Waals surface area contributed by atoms with Crippen LogP contribution in [-0.2, 0) is 13.5 Å². The third-order valence-electron chi connectivity index (χ3n) is 4.95. The van der Waals surface area contributed by atoms with Crippen LogP contribution >= 0.6 is 0 Å². The van der Waals surface area contributed by atoms with Crippen LogP contribution in [0.25, 0.3) is 0 Å². The molecule has 0 unspecified atom stereocenters. The third-order valence-corrected chi connectivity index (χ3v) is 4.95. The van der Waals surface area contributed by atoms with E-state index in [4.69, 9.17) is 0 Å². The van der Waals surface area contributed by atoms with Crippen LogP contribution in [0.3, 0.4) is 0 Å². The molecule has 0 bridgehead atoms. The van der Waals surface area contributed by atoms with Crippen LogP contribution in [0.5, 0.6) is 0 Å². The van der Waals surface area contributed by atoms with Crippen LogP contribution < -0.4 is 5.32 Å². The van der Waals surface area contributed by atoms with Crippen molar-refractivity contribution in [1.82, 2.24) is 19.8 Å². The predicted molar refractivity (Wildman–Crippen MR) is 99.3 cm³/mol. The fraction of sp³-hybridized carbons (Fsp3) is 0.500. The quantitative estimate of drug-likeness (QED) is 0.923. The first-order valence-electron chi connectivity index (χ1n) is 9.30. The van der Waals surface area contributed by atoms with Gasteiger partial charge in [-0.15, -0.1) is 0 Å². The Morgan fingerprint density at radius 1 is 1.12 bits per heavy atom. The Labute approximate surface area is 150 Å². The van der Waals surface area contributed by atoms with E-state index in [1.54, 1.807) is 6.20 Å². The first-order chi connectivity index (χ1) is 12.2. The lowest BCUT2D eigenvalue weighted by Crippen LogP contribution is -2.43. The van der Waals surface area contributed by atoms with Crippen molar-refractivity contribution in [3.05, 3.63) is 54.1 Å². The topological polar surface area (TPSA) is 50.2 Å². The van der Waals surface area contributed by atoms with Crippen molar-refractivity contribution >= 4 is 6.03 Å². The molecule has 1 fully saturated rings. The molecule has 1 aliphatic heterocycles. The Kier molecular flexibility index (Phi) is 6.09. The molecule has 2 heterocycles. The molecular weight excluding hydrogens is 312 g/mol. The summed E-state index contributed by atoms with van der Waals surface area (Å²) in [5.74, 6) is 0.974. The summed E-state index contributed by atoms with van der Waals surface area (Å²) in [6.45, 7) is 1.71. The Balaban J connectivity index is 1.72. The molecule has 25 heavy (non-hydrogen) atoms. The van der Waals surface area contributed by atoms with Gasteiger partial charge in [-0.3, -0.25) is 0 Å². The van der Waals surface area contributed by atoms with E-state index in [0.29, 0.717) is 6.42 Å². The SMILES string of the molecule is Cn1ccnc1C[C@@H](NC(=O)N1CCCCCCC1)c1ccccc1. The number of benzene rings is 1. The number of hydrogen-bond donors (Lipinski definition) is 1. The van der Waals surface area contributed by atoms with E-state index in [2.05, 4.69) is 22.4 Å². The summed E-state index contributed by atoms with van der Waals surface area (Å²) in [6.07, 6.45) is 10.4. The largest absolute Gasteiger partial charge is 0.338 e. The number of carbonyl (C=O) groups is 1. The van der Waals surface area contributed by atoms with Crippen molar-refractivity contribution in [2.45, 2.75) is 44.6 Å². The van der Waals surface area contributed by atoms with Gasteiger partial charge in [-0.05, 0) is 18.4 Å². The molecule has 1 aromatic carbocycles. The molecule has 1 aliphatic rings. The predicted octanol–water partition coefficient (Wildman–Crippen LogP) is 3.68. The average molecular weight is 340 g/mol. The molecule has 0 radical (unpaired) electrons. The molecule has 134 valence electrons. The van der Waals surface area contributed by atoms with Crippen LogP contribution in [-0.4, -0.2) is 33.6 Å². The fourth-order valence-corrected chi connectivity index (χ4v) is 3.40. The van der Waals surface area contributed by atoms with E-state index >= 15 is 0 Å². The van der Waals surface area contributed by atoms with Gasteiger partial charge >= 0.3 is 6.03 Å². The van der Waals surface area contributed by atoms with Crippen LogP contribution in [0.4, 0.5) is 4.79 Å². The normalized spacial score (nSPS) is 16.8. The Bertz CT molecular complexity index is 659. The van der Waals surface area contributed by atoms with E-state index in [-0.39, 0.29) is 12.1 Å². The van der Waals surface area contributed by atoms with Gasteiger partial charge in [0.25, 0.3) is 0 Å². The minimum atomic E-state index is -0.0692. The molecule has 0 saturated carbocycles. The number of amides is 2. The lowest BCUT2D eigenvalue weighted by molar-refractivity contribution is 0.188. The zero-order valence-electron chi connectivity index (χ0n) is 15.0. The number of carbonyl (C=O) groups excluding carboxylic acids is 1. The van der Waals surface area contributed by atoms with E-state index in [1.165, 1.54) is 19.3 Å². The van der Waals surface area contributed by atoms with Gasteiger partial charge in [-0.25, -0.2) is 9.78 Å². The van der Waals surface area contributed by atoms with Crippen molar-refractivity contribution in [2.24, 2.45) is 7.05 Å². The maximum atomic E-state index is 12.8. The summed E-state index contributed by atoms with van der Waals surface area (Å²) < 4.78 is 2.01. The number of rotatable bonds is 4. The van der Waals surface area contributed by atoms with Gasteiger partial charge in [-0.2, -0.15) is 0 Å². The zero-order chi connectivity index (χ0) is 17.5. The van der Waals surface area contributed by atoms with Gasteiger partial charge in [0.05, 0.1) is 6.04 Å². The molecule has 1 saturated heterocycles. The van der Waals surface area contributed by atoms with Crippen molar-refractivity contribution in [2.75, 3.05) is 13.1 Å². The molecule has 1 N–H and O–H groups in total. The van der Waals surface area contributed by atoms with E-state index in [9.17, 15) is 4.79 Å². The molecule has 1 atom stereocenters. The molecule has 2 aromatic rings. The van der Waals surface area contributed by atoms with Gasteiger partial charge in [-0.1, -0.05) is 49.6 Å². The Morgan fingerprint density at radius 3 is 2.44 bits per heavy atom. The molecule has 1 aromatic heterocycles. The van der Waals surface area contributed by atoms with Gasteiger partial charge < -0.3 is 14.8 Å². The lowest BCUT2D eigenvalue weighted by atomic mass is 10.0. The monoisotopic (exact) mass is 340 g/mol. The second kappa shape index (κ2) is 8.70. The molecule has 0 spiro atoms. The van der Waals surface area contributed by atoms with E-state index in [1.807, 2.05) is 40.9 Å². The molecular formula is C20H28N4O. The summed E-state index contributed by atoms with van der Waals surface area (Å²) >= 11 is 0. The standard InChI is InChI=1S/C20H28N4O/c1-23-15-12-21-19(23)16-18(17-10-6-5-7-11-17)22-20(25)24-13-8-3-2-4-9-14-24/h5-7,10-12,15,18H,2-4,8-9,13-14,16H2,1H3,(H,22,25)/t18-/m1/s1. The summed E-state index contributed by atoms with van der Waals surface area (Å²) in [7, 11) is 1.99. The summed E-state index contributed by atoms with van der Waals surface area (Å²) in [6, 6.07) is 10.2. The highest BCUT2D eigenvalue weighted by Crippen LogP contribution is 2.19. The summed E-state index contributed by atoms with van der Waals surface area (Å²) in [5.41, 5.74) is 1.12. The third kappa shape index (κ3) is 4.84. The highest BCUT2D eigenvalue weighted by molar-refractivity contribution is 5.74.